The van der Waals surface area contributed by atoms with E-state index in [2.05, 4.69) is 34.6 Å². The van der Waals surface area contributed by atoms with E-state index >= 15 is 0 Å². The van der Waals surface area contributed by atoms with Gasteiger partial charge in [-0.3, -0.25) is 9.69 Å². The maximum atomic E-state index is 13.0. The quantitative estimate of drug-likeness (QED) is 0.506. The van der Waals surface area contributed by atoms with Crippen molar-refractivity contribution in [3.8, 4) is 5.75 Å². The summed E-state index contributed by atoms with van der Waals surface area (Å²) in [5, 5.41) is 7.52. The molecule has 2 N–H and O–H groups in total. The van der Waals surface area contributed by atoms with Gasteiger partial charge in [0.05, 0.1) is 13.2 Å². The summed E-state index contributed by atoms with van der Waals surface area (Å²) in [6.07, 6.45) is 4.11. The number of likely N-dealkylation sites (tertiary alicyclic amines) is 1. The highest BCUT2D eigenvalue weighted by molar-refractivity contribution is 6.31. The molecule has 31 heavy (non-hydrogen) atoms. The van der Waals surface area contributed by atoms with Gasteiger partial charge in [0.1, 0.15) is 5.75 Å². The fraction of sp³-hybridized carbons (Fsp3) is 0.480. The first-order valence-corrected chi connectivity index (χ1v) is 11.6. The highest BCUT2D eigenvalue weighted by Crippen LogP contribution is 2.25. The minimum absolute atomic E-state index is 0.122. The molecule has 0 spiro atoms. The predicted octanol–water partition coefficient (Wildman–Crippen LogP) is 4.39. The lowest BCUT2D eigenvalue weighted by atomic mass is 10.1. The van der Waals surface area contributed by atoms with E-state index in [1.807, 2.05) is 36.4 Å². The van der Waals surface area contributed by atoms with Crippen LogP contribution in [0, 0.1) is 0 Å². The van der Waals surface area contributed by atoms with Crippen LogP contribution in [-0.2, 0) is 17.9 Å². The van der Waals surface area contributed by atoms with Crippen molar-refractivity contribution in [3.63, 3.8) is 0 Å². The van der Waals surface area contributed by atoms with Gasteiger partial charge in [-0.1, -0.05) is 61.7 Å². The Bertz CT molecular complexity index is 828. The molecule has 1 heterocycles. The lowest BCUT2D eigenvalue weighted by molar-refractivity contribution is -0.125. The summed E-state index contributed by atoms with van der Waals surface area (Å²) in [7, 11) is 1.67. The lowest BCUT2D eigenvalue weighted by Crippen LogP contribution is -2.43. The molecule has 0 aromatic heterocycles. The summed E-state index contributed by atoms with van der Waals surface area (Å²) >= 11 is 6.40. The van der Waals surface area contributed by atoms with Crippen molar-refractivity contribution >= 4 is 17.5 Å². The van der Waals surface area contributed by atoms with Crippen molar-refractivity contribution in [1.29, 1.82) is 0 Å². The number of hydrogen-bond donors (Lipinski definition) is 2. The highest BCUT2D eigenvalue weighted by Gasteiger charge is 2.36. The molecule has 1 saturated heterocycles. The van der Waals surface area contributed by atoms with E-state index < -0.39 is 0 Å². The van der Waals surface area contributed by atoms with Crippen molar-refractivity contribution < 1.29 is 9.53 Å². The number of halogens is 1. The molecule has 1 amide bonds. The van der Waals surface area contributed by atoms with Crippen LogP contribution in [-0.4, -0.2) is 43.1 Å². The van der Waals surface area contributed by atoms with E-state index in [4.69, 9.17) is 16.3 Å². The first-order valence-electron chi connectivity index (χ1n) is 11.2. The molecule has 3 rings (SSSR count). The van der Waals surface area contributed by atoms with Crippen LogP contribution in [0.1, 0.15) is 43.7 Å². The van der Waals surface area contributed by atoms with Crippen LogP contribution in [0.5, 0.6) is 5.75 Å². The number of nitrogens with zero attached hydrogens (tertiary/aromatic N) is 1. The van der Waals surface area contributed by atoms with E-state index in [0.717, 1.165) is 61.7 Å². The second kappa shape index (κ2) is 12.1. The largest absolute Gasteiger partial charge is 0.497 e. The molecule has 2 aromatic carbocycles. The van der Waals surface area contributed by atoms with Gasteiger partial charge in [-0.2, -0.15) is 0 Å². The molecule has 1 aliphatic heterocycles. The third-order valence-electron chi connectivity index (χ3n) is 5.87. The van der Waals surface area contributed by atoms with Crippen LogP contribution in [0.4, 0.5) is 0 Å². The molecule has 2 aromatic rings. The van der Waals surface area contributed by atoms with Crippen LogP contribution in [0.3, 0.4) is 0 Å². The Morgan fingerprint density at radius 2 is 1.94 bits per heavy atom. The zero-order chi connectivity index (χ0) is 22.1. The van der Waals surface area contributed by atoms with Crippen LogP contribution in [0.2, 0.25) is 5.02 Å². The standard InChI is InChI=1S/C25H34ClN3O2/c1-3-4-7-14-27-25(30)24-15-21(28-16-19-10-12-22(31-2)13-11-19)18-29(24)17-20-8-5-6-9-23(20)26/h5-6,8-13,21,24,28H,3-4,7,14-18H2,1-2H3,(H,27,30)/t21-,24-/m0/s1. The topological polar surface area (TPSA) is 53.6 Å². The Balaban J connectivity index is 1.62. The number of rotatable bonds is 11. The normalized spacial score (nSPS) is 18.8. The van der Waals surface area contributed by atoms with Gasteiger partial charge < -0.3 is 15.4 Å². The molecule has 0 saturated carbocycles. The Hall–Kier alpha value is -2.08. The Morgan fingerprint density at radius 3 is 2.65 bits per heavy atom. The number of unbranched alkanes of at least 4 members (excludes halogenated alkanes) is 2. The van der Waals surface area contributed by atoms with Gasteiger partial charge in [-0.25, -0.2) is 0 Å². The first kappa shape index (κ1) is 23.6. The molecular formula is C25H34ClN3O2. The molecular weight excluding hydrogens is 410 g/mol. The zero-order valence-corrected chi connectivity index (χ0v) is 19.3. The van der Waals surface area contributed by atoms with E-state index in [0.29, 0.717) is 6.54 Å². The summed E-state index contributed by atoms with van der Waals surface area (Å²) in [5.41, 5.74) is 2.26. The Kier molecular flexibility index (Phi) is 9.19. The van der Waals surface area contributed by atoms with Crippen molar-refractivity contribution in [2.24, 2.45) is 0 Å². The van der Waals surface area contributed by atoms with E-state index in [-0.39, 0.29) is 18.0 Å². The SMILES string of the molecule is CCCCCNC(=O)[C@@H]1C[C@H](NCc2ccc(OC)cc2)CN1Cc1ccccc1Cl. The molecule has 0 unspecified atom stereocenters. The summed E-state index contributed by atoms with van der Waals surface area (Å²) in [5.74, 6) is 0.979. The molecule has 1 fully saturated rings. The van der Waals surface area contributed by atoms with E-state index in [1.54, 1.807) is 7.11 Å². The Labute approximate surface area is 191 Å². The van der Waals surface area contributed by atoms with Crippen LogP contribution in [0.25, 0.3) is 0 Å². The van der Waals surface area contributed by atoms with Gasteiger partial charge >= 0.3 is 0 Å². The molecule has 0 aliphatic carbocycles. The van der Waals surface area contributed by atoms with Crippen LogP contribution in [0.15, 0.2) is 48.5 Å². The molecule has 0 bridgehead atoms. The summed E-state index contributed by atoms with van der Waals surface area (Å²) in [6, 6.07) is 16.1. The number of benzene rings is 2. The highest BCUT2D eigenvalue weighted by atomic mass is 35.5. The van der Waals surface area contributed by atoms with Crippen molar-refractivity contribution in [1.82, 2.24) is 15.5 Å². The summed E-state index contributed by atoms with van der Waals surface area (Å²) in [4.78, 5) is 15.2. The number of methoxy groups -OCH3 is 1. The first-order chi connectivity index (χ1) is 15.1. The van der Waals surface area contributed by atoms with Gasteiger partial charge in [0, 0.05) is 37.2 Å². The van der Waals surface area contributed by atoms with Gasteiger partial charge in [0.2, 0.25) is 5.91 Å². The minimum atomic E-state index is -0.147. The van der Waals surface area contributed by atoms with Crippen molar-refractivity contribution in [2.45, 2.75) is 57.8 Å². The number of nitrogens with one attached hydrogen (secondary N) is 2. The molecule has 5 nitrogen and oxygen atoms in total. The second-order valence-corrected chi connectivity index (χ2v) is 8.60. The number of carbonyl (C=O) groups is 1. The van der Waals surface area contributed by atoms with Gasteiger partial charge in [0.25, 0.3) is 0 Å². The lowest BCUT2D eigenvalue weighted by Gasteiger charge is -2.24. The fourth-order valence-corrected chi connectivity index (χ4v) is 4.25. The number of amides is 1. The average Bonchev–Trinajstić information content (AvgIpc) is 3.20. The van der Waals surface area contributed by atoms with Gasteiger partial charge in [-0.15, -0.1) is 0 Å². The van der Waals surface area contributed by atoms with E-state index in [9.17, 15) is 4.79 Å². The van der Waals surface area contributed by atoms with Crippen LogP contribution >= 0.6 is 11.6 Å². The number of hydrogen-bond acceptors (Lipinski definition) is 4. The zero-order valence-electron chi connectivity index (χ0n) is 18.6. The van der Waals surface area contributed by atoms with Crippen molar-refractivity contribution in [3.05, 3.63) is 64.7 Å². The third kappa shape index (κ3) is 6.96. The molecule has 1 aliphatic rings. The third-order valence-corrected chi connectivity index (χ3v) is 6.24. The number of ether oxygens (including phenoxy) is 1. The average molecular weight is 444 g/mol. The van der Waals surface area contributed by atoms with Gasteiger partial charge in [0.15, 0.2) is 0 Å². The molecule has 6 heteroatoms. The molecule has 2 atom stereocenters. The minimum Gasteiger partial charge on any atom is -0.497 e. The fourth-order valence-electron chi connectivity index (χ4n) is 4.05. The monoisotopic (exact) mass is 443 g/mol. The molecule has 168 valence electrons. The number of carbonyl (C=O) groups excluding carboxylic acids is 1. The van der Waals surface area contributed by atoms with E-state index in [1.165, 1.54) is 5.56 Å². The van der Waals surface area contributed by atoms with Crippen LogP contribution < -0.4 is 15.4 Å². The Morgan fingerprint density at radius 1 is 1.16 bits per heavy atom. The smallest absolute Gasteiger partial charge is 0.237 e. The molecule has 0 radical (unpaired) electrons. The summed E-state index contributed by atoms with van der Waals surface area (Å²) in [6.45, 7) is 5.16. The van der Waals surface area contributed by atoms with Crippen molar-refractivity contribution in [2.75, 3.05) is 20.2 Å². The summed E-state index contributed by atoms with van der Waals surface area (Å²) < 4.78 is 5.23. The maximum absolute atomic E-state index is 13.0. The predicted molar refractivity (Wildman–Crippen MR) is 126 cm³/mol. The second-order valence-electron chi connectivity index (χ2n) is 8.20. The maximum Gasteiger partial charge on any atom is 0.237 e. The van der Waals surface area contributed by atoms with Gasteiger partial charge in [-0.05, 0) is 42.2 Å².